The Balaban J connectivity index is 1.19. The van der Waals surface area contributed by atoms with Gasteiger partial charge in [0.15, 0.2) is 0 Å². The first kappa shape index (κ1) is 19.8. The number of hydrogen-bond donors (Lipinski definition) is 1. The molecule has 31 heavy (non-hydrogen) atoms. The summed E-state index contributed by atoms with van der Waals surface area (Å²) in [7, 11) is 0. The Morgan fingerprint density at radius 3 is 2.52 bits per heavy atom. The molecule has 5 rings (SSSR count). The Bertz CT molecular complexity index is 1160. The number of benzene rings is 2. The zero-order valence-electron chi connectivity index (χ0n) is 16.0. The number of hydrogen-bond acceptors (Lipinski definition) is 3. The summed E-state index contributed by atoms with van der Waals surface area (Å²) in [6.45, 7) is 1.06. The van der Waals surface area contributed by atoms with Gasteiger partial charge >= 0.3 is 6.18 Å². The van der Waals surface area contributed by atoms with Crippen LogP contribution in [0.3, 0.4) is 0 Å². The predicted molar refractivity (Wildman–Crippen MR) is 102 cm³/mol. The van der Waals surface area contributed by atoms with E-state index in [0.29, 0.717) is 24.3 Å². The summed E-state index contributed by atoms with van der Waals surface area (Å²) >= 11 is 0. The van der Waals surface area contributed by atoms with Gasteiger partial charge in [-0.1, -0.05) is 0 Å². The normalized spacial score (nSPS) is 22.6. The van der Waals surface area contributed by atoms with Gasteiger partial charge in [0.25, 0.3) is 0 Å². The molecule has 1 saturated heterocycles. The summed E-state index contributed by atoms with van der Waals surface area (Å²) < 4.78 is 67.0. The van der Waals surface area contributed by atoms with Gasteiger partial charge in [-0.05, 0) is 30.3 Å². The van der Waals surface area contributed by atoms with Crippen molar-refractivity contribution >= 4 is 22.6 Å². The monoisotopic (exact) mass is 436 g/mol. The summed E-state index contributed by atoms with van der Waals surface area (Å²) in [6, 6.07) is 6.68. The van der Waals surface area contributed by atoms with Crippen molar-refractivity contribution in [2.24, 2.45) is 11.8 Å². The van der Waals surface area contributed by atoms with E-state index in [4.69, 9.17) is 0 Å². The maximum Gasteiger partial charge on any atom is 0.416 e. The Morgan fingerprint density at radius 2 is 1.84 bits per heavy atom. The van der Waals surface area contributed by atoms with Crippen LogP contribution < -0.4 is 10.2 Å². The molecule has 2 aliphatic rings. The van der Waals surface area contributed by atoms with Gasteiger partial charge < -0.3 is 14.8 Å². The van der Waals surface area contributed by atoms with Gasteiger partial charge in [-0.2, -0.15) is 13.2 Å². The Labute approximate surface area is 173 Å². The van der Waals surface area contributed by atoms with E-state index in [2.05, 4.69) is 10.3 Å². The number of aromatic nitrogens is 2. The second-order valence-electron chi connectivity index (χ2n) is 8.00. The van der Waals surface area contributed by atoms with Crippen molar-refractivity contribution in [1.82, 2.24) is 14.9 Å². The van der Waals surface area contributed by atoms with Gasteiger partial charge in [-0.3, -0.25) is 4.79 Å². The fraction of sp³-hybridized carbons (Fsp3) is 0.333. The summed E-state index contributed by atoms with van der Waals surface area (Å²) in [5.74, 6) is -1.14. The molecule has 2 aromatic carbocycles. The Hall–Kier alpha value is -3.17. The zero-order chi connectivity index (χ0) is 21.9. The number of nitrogens with zero attached hydrogens (tertiary/aromatic N) is 3. The van der Waals surface area contributed by atoms with Gasteiger partial charge in [-0.15, -0.1) is 0 Å². The van der Waals surface area contributed by atoms with Crippen molar-refractivity contribution in [3.63, 3.8) is 0 Å². The topological polar surface area (TPSA) is 50.2 Å². The van der Waals surface area contributed by atoms with Crippen molar-refractivity contribution in [2.75, 3.05) is 18.0 Å². The highest BCUT2D eigenvalue weighted by Crippen LogP contribution is 2.47. The molecule has 1 saturated carbocycles. The van der Waals surface area contributed by atoms with Crippen molar-refractivity contribution in [3.8, 4) is 0 Å². The molecule has 2 unspecified atom stereocenters. The molecule has 3 aromatic rings. The van der Waals surface area contributed by atoms with Gasteiger partial charge in [0.1, 0.15) is 18.2 Å². The van der Waals surface area contributed by atoms with Crippen LogP contribution in [0.4, 0.5) is 27.6 Å². The number of rotatable bonds is 4. The SMILES string of the molecule is O=C(Cn1cnc2cc(C(F)(F)F)ccc21)NC1C2CN(c3ccc(F)cc3F)CC21. The van der Waals surface area contributed by atoms with Crippen LogP contribution in [0.1, 0.15) is 5.56 Å². The minimum absolute atomic E-state index is 0.0288. The first-order valence-electron chi connectivity index (χ1n) is 9.72. The van der Waals surface area contributed by atoms with Crippen molar-refractivity contribution in [2.45, 2.75) is 18.8 Å². The number of carbonyl (C=O) groups is 1. The molecule has 1 aliphatic heterocycles. The fourth-order valence-corrected chi connectivity index (χ4v) is 4.43. The highest BCUT2D eigenvalue weighted by Gasteiger charge is 2.56. The second-order valence-corrected chi connectivity index (χ2v) is 8.00. The summed E-state index contributed by atoms with van der Waals surface area (Å²) in [5.41, 5.74) is 0.171. The van der Waals surface area contributed by atoms with Gasteiger partial charge in [0.05, 0.1) is 28.6 Å². The van der Waals surface area contributed by atoms with E-state index in [1.807, 2.05) is 4.90 Å². The van der Waals surface area contributed by atoms with E-state index < -0.39 is 23.4 Å². The van der Waals surface area contributed by atoms with Crippen LogP contribution in [0.15, 0.2) is 42.7 Å². The number of imidazole rings is 1. The van der Waals surface area contributed by atoms with Gasteiger partial charge in [-0.25, -0.2) is 13.8 Å². The molecule has 2 fully saturated rings. The van der Waals surface area contributed by atoms with Crippen molar-refractivity contribution in [1.29, 1.82) is 0 Å². The lowest BCUT2D eigenvalue weighted by Crippen LogP contribution is -2.36. The average molecular weight is 436 g/mol. The van der Waals surface area contributed by atoms with E-state index in [0.717, 1.165) is 18.2 Å². The highest BCUT2D eigenvalue weighted by molar-refractivity contribution is 5.81. The molecule has 0 bridgehead atoms. The highest BCUT2D eigenvalue weighted by atomic mass is 19.4. The molecule has 1 amide bonds. The molecular weight excluding hydrogens is 419 g/mol. The number of amides is 1. The fourth-order valence-electron chi connectivity index (χ4n) is 4.43. The zero-order valence-corrected chi connectivity index (χ0v) is 16.0. The van der Waals surface area contributed by atoms with Crippen molar-refractivity contribution in [3.05, 3.63) is 59.9 Å². The minimum atomic E-state index is -4.45. The van der Waals surface area contributed by atoms with Crippen LogP contribution in [0.2, 0.25) is 0 Å². The lowest BCUT2D eigenvalue weighted by atomic mass is 10.2. The molecule has 0 radical (unpaired) electrons. The minimum Gasteiger partial charge on any atom is -0.368 e. The van der Waals surface area contributed by atoms with Crippen LogP contribution in [-0.4, -0.2) is 34.6 Å². The molecule has 1 aromatic heterocycles. The smallest absolute Gasteiger partial charge is 0.368 e. The largest absolute Gasteiger partial charge is 0.416 e. The molecule has 162 valence electrons. The third-order valence-electron chi connectivity index (χ3n) is 6.03. The quantitative estimate of drug-likeness (QED) is 0.637. The first-order chi connectivity index (χ1) is 14.7. The number of piperidine rings is 1. The third kappa shape index (κ3) is 3.60. The second kappa shape index (κ2) is 6.93. The number of alkyl halides is 3. The third-order valence-corrected chi connectivity index (χ3v) is 6.03. The van der Waals surface area contributed by atoms with Crippen LogP contribution in [0.5, 0.6) is 0 Å². The standard InChI is InChI=1S/C21H17F5N4O/c22-12-2-4-17(15(23)6-12)29-7-13-14(8-29)20(13)28-19(31)9-30-10-27-16-5-11(21(24,25)26)1-3-18(16)30/h1-6,10,13-14,20H,7-9H2,(H,28,31). The predicted octanol–water partition coefficient (Wildman–Crippen LogP) is 3.58. The molecule has 0 spiro atoms. The van der Waals surface area contributed by atoms with E-state index in [-0.39, 0.29) is 35.8 Å². The summed E-state index contributed by atoms with van der Waals surface area (Å²) in [4.78, 5) is 18.3. The van der Waals surface area contributed by atoms with E-state index in [1.54, 1.807) is 0 Å². The van der Waals surface area contributed by atoms with E-state index in [1.165, 1.54) is 29.1 Å². The molecular formula is C21H17F5N4O. The maximum atomic E-state index is 14.0. The molecule has 10 heteroatoms. The molecule has 1 aliphatic carbocycles. The number of anilines is 1. The lowest BCUT2D eigenvalue weighted by Gasteiger charge is -2.23. The Kier molecular flexibility index (Phi) is 4.42. The van der Waals surface area contributed by atoms with Gasteiger partial charge in [0, 0.05) is 37.0 Å². The molecule has 2 atom stereocenters. The van der Waals surface area contributed by atoms with Crippen LogP contribution in [0.25, 0.3) is 11.0 Å². The molecule has 1 N–H and O–H groups in total. The Morgan fingerprint density at radius 1 is 1.10 bits per heavy atom. The lowest BCUT2D eigenvalue weighted by molar-refractivity contribution is -0.137. The average Bonchev–Trinajstić information content (AvgIpc) is 3.05. The maximum absolute atomic E-state index is 14.0. The first-order valence-corrected chi connectivity index (χ1v) is 9.72. The number of carbonyl (C=O) groups excluding carboxylic acids is 1. The van der Waals surface area contributed by atoms with Crippen LogP contribution >= 0.6 is 0 Å². The van der Waals surface area contributed by atoms with Crippen LogP contribution in [0, 0.1) is 23.5 Å². The van der Waals surface area contributed by atoms with E-state index >= 15 is 0 Å². The summed E-state index contributed by atoms with van der Waals surface area (Å²) in [6.07, 6.45) is -3.11. The number of fused-ring (bicyclic) bond motifs is 2. The number of nitrogens with one attached hydrogen (secondary N) is 1. The van der Waals surface area contributed by atoms with Crippen molar-refractivity contribution < 1.29 is 26.7 Å². The molecule has 2 heterocycles. The van der Waals surface area contributed by atoms with E-state index in [9.17, 15) is 26.7 Å². The number of halogens is 5. The van der Waals surface area contributed by atoms with Crippen LogP contribution in [-0.2, 0) is 17.5 Å². The molecule has 5 nitrogen and oxygen atoms in total. The summed E-state index contributed by atoms with van der Waals surface area (Å²) in [5, 5.41) is 2.94. The van der Waals surface area contributed by atoms with Gasteiger partial charge in [0.2, 0.25) is 5.91 Å².